The van der Waals surface area contributed by atoms with Crippen molar-refractivity contribution in [3.8, 4) is 0 Å². The van der Waals surface area contributed by atoms with Crippen molar-refractivity contribution < 1.29 is 14.3 Å². The molecule has 6 heteroatoms. The van der Waals surface area contributed by atoms with Crippen LogP contribution >= 0.6 is 0 Å². The number of rotatable bonds is 5. The van der Waals surface area contributed by atoms with Crippen LogP contribution in [0.1, 0.15) is 57.4 Å². The maximum absolute atomic E-state index is 13.1. The van der Waals surface area contributed by atoms with Gasteiger partial charge in [0.1, 0.15) is 6.61 Å². The van der Waals surface area contributed by atoms with Gasteiger partial charge in [0.25, 0.3) is 0 Å². The minimum Gasteiger partial charge on any atom is -0.375 e. The molecule has 1 aromatic rings. The van der Waals surface area contributed by atoms with Crippen molar-refractivity contribution in [3.05, 3.63) is 29.8 Å². The van der Waals surface area contributed by atoms with Gasteiger partial charge >= 0.3 is 0 Å². The number of hydrogen-bond donors (Lipinski definition) is 0. The molecule has 1 aliphatic carbocycles. The van der Waals surface area contributed by atoms with Crippen LogP contribution in [-0.2, 0) is 20.9 Å². The lowest BCUT2D eigenvalue weighted by atomic mass is 9.92. The van der Waals surface area contributed by atoms with Crippen molar-refractivity contribution in [2.24, 2.45) is 5.92 Å². The number of methoxy groups -OCH3 is 1. The third-order valence-corrected chi connectivity index (χ3v) is 7.07. The number of hydrogen-bond acceptors (Lipinski definition) is 4. The molecule has 2 aliphatic heterocycles. The first kappa shape index (κ1) is 22.3. The number of carbonyl (C=O) groups is 2. The molecule has 4 rings (SSSR count). The maximum Gasteiger partial charge on any atom is 0.249 e. The standard InChI is InChI=1S/C25H37N3O3/c1-3-24(29)27-14-13-21-8-6-9-22(28(21)25(30)18-31-2)17-26(15-19-11-12-19)16-20-7-4-5-10-23(20)27/h4-5,7,10,19,21-22H,3,6,8-9,11-18H2,1-2H3. The Bertz CT molecular complexity index is 779. The molecule has 0 aromatic heterocycles. The Morgan fingerprint density at radius 2 is 1.81 bits per heavy atom. The van der Waals surface area contributed by atoms with E-state index in [1.54, 1.807) is 7.11 Å². The van der Waals surface area contributed by atoms with Crippen molar-refractivity contribution in [2.45, 2.75) is 70.5 Å². The topological polar surface area (TPSA) is 53.1 Å². The van der Waals surface area contributed by atoms with Gasteiger partial charge in [0.15, 0.2) is 0 Å². The second-order valence-corrected chi connectivity index (χ2v) is 9.43. The van der Waals surface area contributed by atoms with Crippen LogP contribution in [0.3, 0.4) is 0 Å². The summed E-state index contributed by atoms with van der Waals surface area (Å²) >= 11 is 0. The summed E-state index contributed by atoms with van der Waals surface area (Å²) in [6, 6.07) is 8.77. The highest BCUT2D eigenvalue weighted by atomic mass is 16.5. The fourth-order valence-corrected chi connectivity index (χ4v) is 5.40. The number of piperidine rings is 1. The summed E-state index contributed by atoms with van der Waals surface area (Å²) in [6.45, 7) is 5.52. The van der Waals surface area contributed by atoms with Gasteiger partial charge in [-0.3, -0.25) is 14.5 Å². The number of anilines is 1. The van der Waals surface area contributed by atoms with E-state index in [0.29, 0.717) is 13.0 Å². The molecule has 170 valence electrons. The molecule has 1 aromatic carbocycles. The van der Waals surface area contributed by atoms with Gasteiger partial charge in [-0.1, -0.05) is 25.1 Å². The maximum atomic E-state index is 13.1. The Hall–Kier alpha value is -1.92. The molecule has 1 saturated carbocycles. The minimum absolute atomic E-state index is 0.0914. The number of benzene rings is 1. The zero-order chi connectivity index (χ0) is 21.8. The van der Waals surface area contributed by atoms with E-state index < -0.39 is 0 Å². The summed E-state index contributed by atoms with van der Waals surface area (Å²) in [5.74, 6) is 1.02. The second-order valence-electron chi connectivity index (χ2n) is 9.43. The molecule has 2 fully saturated rings. The molecule has 0 spiro atoms. The van der Waals surface area contributed by atoms with Crippen LogP contribution < -0.4 is 4.90 Å². The highest BCUT2D eigenvalue weighted by Crippen LogP contribution is 2.34. The first-order chi connectivity index (χ1) is 15.1. The quantitative estimate of drug-likeness (QED) is 0.722. The lowest BCUT2D eigenvalue weighted by Crippen LogP contribution is -2.55. The number of fused-ring (bicyclic) bond motifs is 3. The van der Waals surface area contributed by atoms with Gasteiger partial charge < -0.3 is 14.5 Å². The monoisotopic (exact) mass is 427 g/mol. The third kappa shape index (κ3) is 5.29. The lowest BCUT2D eigenvalue weighted by molar-refractivity contribution is -0.143. The second kappa shape index (κ2) is 10.1. The molecular formula is C25H37N3O3. The number of carbonyl (C=O) groups excluding carboxylic acids is 2. The Balaban J connectivity index is 1.70. The van der Waals surface area contributed by atoms with Gasteiger partial charge in [0.2, 0.25) is 11.8 Å². The zero-order valence-electron chi connectivity index (χ0n) is 19.1. The van der Waals surface area contributed by atoms with Crippen LogP contribution in [0.2, 0.25) is 0 Å². The van der Waals surface area contributed by atoms with Gasteiger partial charge in [-0.2, -0.15) is 0 Å². The molecule has 0 radical (unpaired) electrons. The van der Waals surface area contributed by atoms with E-state index in [4.69, 9.17) is 4.74 Å². The fourth-order valence-electron chi connectivity index (χ4n) is 5.40. The van der Waals surface area contributed by atoms with Crippen molar-refractivity contribution in [2.75, 3.05) is 38.3 Å². The van der Waals surface area contributed by atoms with Gasteiger partial charge in [0, 0.05) is 57.5 Å². The molecule has 6 nitrogen and oxygen atoms in total. The summed E-state index contributed by atoms with van der Waals surface area (Å²) in [5.41, 5.74) is 2.26. The summed E-state index contributed by atoms with van der Waals surface area (Å²) < 4.78 is 5.23. The van der Waals surface area contributed by atoms with E-state index in [0.717, 1.165) is 56.9 Å². The molecule has 2 unspecified atom stereocenters. The van der Waals surface area contributed by atoms with E-state index in [-0.39, 0.29) is 30.5 Å². The lowest BCUT2D eigenvalue weighted by Gasteiger charge is -2.44. The van der Waals surface area contributed by atoms with Crippen LogP contribution in [0.15, 0.2) is 24.3 Å². The summed E-state index contributed by atoms with van der Waals surface area (Å²) in [5, 5.41) is 0. The van der Waals surface area contributed by atoms with Crippen LogP contribution in [-0.4, -0.2) is 67.0 Å². The molecule has 0 N–H and O–H groups in total. The van der Waals surface area contributed by atoms with E-state index in [9.17, 15) is 9.59 Å². The minimum atomic E-state index is 0.0914. The van der Waals surface area contributed by atoms with Crippen LogP contribution in [0.5, 0.6) is 0 Å². The zero-order valence-corrected chi connectivity index (χ0v) is 19.1. The van der Waals surface area contributed by atoms with E-state index in [1.807, 2.05) is 17.9 Å². The average Bonchev–Trinajstić information content (AvgIpc) is 3.58. The van der Waals surface area contributed by atoms with Crippen molar-refractivity contribution in [1.29, 1.82) is 0 Å². The van der Waals surface area contributed by atoms with Gasteiger partial charge in [-0.15, -0.1) is 0 Å². The molecule has 2 heterocycles. The molecule has 2 bridgehead atoms. The van der Waals surface area contributed by atoms with Gasteiger partial charge in [-0.25, -0.2) is 0 Å². The normalized spacial score (nSPS) is 25.0. The van der Waals surface area contributed by atoms with Crippen molar-refractivity contribution in [3.63, 3.8) is 0 Å². The highest BCUT2D eigenvalue weighted by molar-refractivity contribution is 5.94. The number of amides is 2. The highest BCUT2D eigenvalue weighted by Gasteiger charge is 2.37. The van der Waals surface area contributed by atoms with Crippen molar-refractivity contribution in [1.82, 2.24) is 9.80 Å². The molecule has 2 amide bonds. The summed E-state index contributed by atoms with van der Waals surface area (Å²) in [4.78, 5) is 32.7. The molecule has 3 aliphatic rings. The summed E-state index contributed by atoms with van der Waals surface area (Å²) in [7, 11) is 1.59. The number of nitrogens with zero attached hydrogens (tertiary/aromatic N) is 3. The van der Waals surface area contributed by atoms with Crippen LogP contribution in [0.4, 0.5) is 5.69 Å². The Morgan fingerprint density at radius 1 is 1.03 bits per heavy atom. The molecule has 2 atom stereocenters. The fraction of sp³-hybridized carbons (Fsp3) is 0.680. The Labute approximate surface area is 186 Å². The molecule has 31 heavy (non-hydrogen) atoms. The Morgan fingerprint density at radius 3 is 2.55 bits per heavy atom. The predicted molar refractivity (Wildman–Crippen MR) is 122 cm³/mol. The van der Waals surface area contributed by atoms with Crippen molar-refractivity contribution >= 4 is 17.5 Å². The predicted octanol–water partition coefficient (Wildman–Crippen LogP) is 3.44. The summed E-state index contributed by atoms with van der Waals surface area (Å²) in [6.07, 6.45) is 7.10. The average molecular weight is 428 g/mol. The van der Waals surface area contributed by atoms with E-state index in [1.165, 1.54) is 18.4 Å². The smallest absolute Gasteiger partial charge is 0.249 e. The first-order valence-corrected chi connectivity index (χ1v) is 12.0. The Kier molecular flexibility index (Phi) is 7.28. The third-order valence-electron chi connectivity index (χ3n) is 7.07. The van der Waals surface area contributed by atoms with E-state index >= 15 is 0 Å². The first-order valence-electron chi connectivity index (χ1n) is 12.0. The van der Waals surface area contributed by atoms with E-state index in [2.05, 4.69) is 28.0 Å². The number of para-hydroxylation sites is 1. The largest absolute Gasteiger partial charge is 0.375 e. The van der Waals surface area contributed by atoms with Crippen LogP contribution in [0.25, 0.3) is 0 Å². The number of ether oxygens (including phenoxy) is 1. The molecular weight excluding hydrogens is 390 g/mol. The SMILES string of the molecule is CCC(=O)N1CCC2CCCC(CN(CC3CC3)Cc3ccccc31)N2C(=O)COC. The molecule has 1 saturated heterocycles. The van der Waals surface area contributed by atoms with Gasteiger partial charge in [-0.05, 0) is 56.1 Å². The van der Waals surface area contributed by atoms with Crippen LogP contribution in [0, 0.1) is 5.92 Å². The van der Waals surface area contributed by atoms with Gasteiger partial charge in [0.05, 0.1) is 0 Å².